The topological polar surface area (TPSA) is 99.1 Å². The zero-order valence-electron chi connectivity index (χ0n) is 44.0. The first-order chi connectivity index (χ1) is 31.6. The highest BCUT2D eigenvalue weighted by Gasteiger charge is 2.31. The van der Waals surface area contributed by atoms with E-state index in [2.05, 4.69) is 26.0 Å². The number of nitrogens with zero attached hydrogens (tertiary/aromatic N) is 1. The van der Waals surface area contributed by atoms with Gasteiger partial charge in [0.15, 0.2) is 12.1 Å². The van der Waals surface area contributed by atoms with Crippen molar-refractivity contribution in [1.82, 2.24) is 0 Å². The van der Waals surface area contributed by atoms with Crippen LogP contribution in [0.5, 0.6) is 0 Å². The zero-order valence-corrected chi connectivity index (χ0v) is 44.0. The first-order valence-electron chi connectivity index (χ1n) is 28.2. The van der Waals surface area contributed by atoms with Gasteiger partial charge in [0.25, 0.3) is 0 Å². The van der Waals surface area contributed by atoms with Crippen LogP contribution in [0, 0.1) is 0 Å². The summed E-state index contributed by atoms with van der Waals surface area (Å²) in [6.45, 7) is 4.80. The zero-order chi connectivity index (χ0) is 47.7. The number of unbranched alkanes of at least 4 members (excludes halogenated alkanes) is 36. The first kappa shape index (κ1) is 63.1. The van der Waals surface area contributed by atoms with Gasteiger partial charge in [0.1, 0.15) is 6.61 Å². The highest BCUT2D eigenvalue weighted by molar-refractivity contribution is 5.72. The molecular formula is C57H110NO7+. The van der Waals surface area contributed by atoms with Crippen LogP contribution < -0.4 is 0 Å². The third-order valence-corrected chi connectivity index (χ3v) is 13.2. The van der Waals surface area contributed by atoms with Crippen LogP contribution in [0.4, 0.5) is 0 Å². The van der Waals surface area contributed by atoms with E-state index in [0.717, 1.165) is 38.5 Å². The minimum absolute atomic E-state index is 0.0464. The van der Waals surface area contributed by atoms with Crippen LogP contribution in [0.25, 0.3) is 0 Å². The summed E-state index contributed by atoms with van der Waals surface area (Å²) in [5, 5.41) is 9.67. The average molecular weight is 922 g/mol. The number of ether oxygens (including phenoxy) is 3. The van der Waals surface area contributed by atoms with E-state index >= 15 is 0 Å². The Morgan fingerprint density at radius 1 is 0.446 bits per heavy atom. The van der Waals surface area contributed by atoms with E-state index in [1.807, 2.05) is 21.1 Å². The molecule has 384 valence electrons. The van der Waals surface area contributed by atoms with Crippen molar-refractivity contribution in [3.05, 3.63) is 12.2 Å². The molecule has 0 aromatic carbocycles. The number of hydrogen-bond acceptors (Lipinski definition) is 6. The minimum atomic E-state index is -0.870. The lowest BCUT2D eigenvalue weighted by atomic mass is 10.0. The molecule has 0 radical (unpaired) electrons. The van der Waals surface area contributed by atoms with Gasteiger partial charge in [-0.1, -0.05) is 238 Å². The Balaban J connectivity index is 4.14. The van der Waals surface area contributed by atoms with Crippen molar-refractivity contribution in [3.8, 4) is 0 Å². The van der Waals surface area contributed by atoms with E-state index in [1.165, 1.54) is 212 Å². The van der Waals surface area contributed by atoms with Crippen LogP contribution >= 0.6 is 0 Å². The Bertz CT molecular complexity index is 1070. The molecule has 0 aliphatic heterocycles. The molecule has 0 aliphatic carbocycles. The fourth-order valence-electron chi connectivity index (χ4n) is 8.80. The molecule has 0 rings (SSSR count). The normalized spacial score (nSPS) is 12.8. The van der Waals surface area contributed by atoms with Gasteiger partial charge in [0.2, 0.25) is 0 Å². The molecule has 0 saturated carbocycles. The van der Waals surface area contributed by atoms with Crippen molar-refractivity contribution in [2.75, 3.05) is 41.0 Å². The van der Waals surface area contributed by atoms with Crippen LogP contribution in [0.1, 0.15) is 284 Å². The van der Waals surface area contributed by atoms with Crippen LogP contribution in [0.15, 0.2) is 12.2 Å². The molecule has 1 N–H and O–H groups in total. The highest BCUT2D eigenvalue weighted by atomic mass is 16.6. The lowest BCUT2D eigenvalue weighted by Crippen LogP contribution is -2.50. The fraction of sp³-hybridized carbons (Fsp3) is 0.912. The summed E-state index contributed by atoms with van der Waals surface area (Å²) in [5.74, 6) is -1.45. The highest BCUT2D eigenvalue weighted by Crippen LogP contribution is 2.17. The number of quaternary nitrogens is 1. The molecule has 65 heavy (non-hydrogen) atoms. The SMILES string of the molecule is CCCCCCCCCCCCCC/C=C/CCCCCCCCCC(=O)OCC(COCCC(C(=O)O)[N+](C)(C)C)OC(=O)CCCCCCCCCCCCCCCCCCCC. The largest absolute Gasteiger partial charge is 0.477 e. The molecular weight excluding hydrogens is 811 g/mol. The molecule has 0 saturated heterocycles. The molecule has 8 heteroatoms. The summed E-state index contributed by atoms with van der Waals surface area (Å²) < 4.78 is 17.4. The van der Waals surface area contributed by atoms with Crippen LogP contribution in [-0.2, 0) is 28.6 Å². The Morgan fingerprint density at radius 2 is 0.769 bits per heavy atom. The first-order valence-corrected chi connectivity index (χ1v) is 28.2. The predicted molar refractivity (Wildman–Crippen MR) is 276 cm³/mol. The van der Waals surface area contributed by atoms with Gasteiger partial charge in [0.05, 0.1) is 34.4 Å². The summed E-state index contributed by atoms with van der Waals surface area (Å²) in [6, 6.07) is -0.612. The van der Waals surface area contributed by atoms with Crippen molar-refractivity contribution in [2.45, 2.75) is 296 Å². The molecule has 0 aromatic rings. The minimum Gasteiger partial charge on any atom is -0.477 e. The Hall–Kier alpha value is -1.93. The molecule has 2 unspecified atom stereocenters. The molecule has 2 atom stereocenters. The predicted octanol–water partition coefficient (Wildman–Crippen LogP) is 16.6. The fourth-order valence-corrected chi connectivity index (χ4v) is 8.80. The summed E-state index contributed by atoms with van der Waals surface area (Å²) >= 11 is 0. The molecule has 0 heterocycles. The van der Waals surface area contributed by atoms with Gasteiger partial charge < -0.3 is 23.8 Å². The second-order valence-corrected chi connectivity index (χ2v) is 20.6. The molecule has 0 spiro atoms. The van der Waals surface area contributed by atoms with E-state index in [1.54, 1.807) is 0 Å². The smallest absolute Gasteiger partial charge is 0.362 e. The standard InChI is InChI=1S/C57H109NO7/c1-6-8-10-12-14-16-18-20-22-24-26-27-28-29-30-32-33-35-37-39-41-43-45-47-55(59)64-52-53(51-63-50-49-54(57(61)62)58(3,4)5)65-56(60)48-46-44-42-40-38-36-34-31-25-23-21-19-17-15-13-11-9-7-2/h29-30,53-54H,6-28,31-52H2,1-5H3/p+1/b30-29+. The second kappa shape index (κ2) is 48.5. The number of carbonyl (C=O) groups is 3. The number of likely N-dealkylation sites (N-methyl/N-ethyl adjacent to an activating group) is 1. The van der Waals surface area contributed by atoms with E-state index in [0.29, 0.717) is 19.3 Å². The lowest BCUT2D eigenvalue weighted by molar-refractivity contribution is -0.887. The molecule has 0 aliphatic rings. The quantitative estimate of drug-likeness (QED) is 0.0281. The average Bonchev–Trinajstić information content (AvgIpc) is 3.27. The molecule has 0 bridgehead atoms. The molecule has 0 fully saturated rings. The van der Waals surface area contributed by atoms with Crippen molar-refractivity contribution in [3.63, 3.8) is 0 Å². The number of carboxylic acids is 1. The summed E-state index contributed by atoms with van der Waals surface area (Å²) in [4.78, 5) is 37.2. The number of allylic oxidation sites excluding steroid dienone is 2. The van der Waals surface area contributed by atoms with Crippen LogP contribution in [0.3, 0.4) is 0 Å². The molecule has 0 amide bonds. The maximum atomic E-state index is 12.8. The van der Waals surface area contributed by atoms with Crippen molar-refractivity contribution in [1.29, 1.82) is 0 Å². The van der Waals surface area contributed by atoms with Gasteiger partial charge in [-0.2, -0.15) is 0 Å². The number of hydrogen-bond donors (Lipinski definition) is 1. The van der Waals surface area contributed by atoms with Gasteiger partial charge in [-0.15, -0.1) is 0 Å². The van der Waals surface area contributed by atoms with Crippen molar-refractivity contribution < 1.29 is 38.2 Å². The van der Waals surface area contributed by atoms with E-state index in [9.17, 15) is 19.5 Å². The molecule has 8 nitrogen and oxygen atoms in total. The van der Waals surface area contributed by atoms with E-state index in [4.69, 9.17) is 14.2 Å². The lowest BCUT2D eigenvalue weighted by Gasteiger charge is -2.31. The number of esters is 2. The Labute approximate surface area is 403 Å². The van der Waals surface area contributed by atoms with Gasteiger partial charge in [-0.3, -0.25) is 9.59 Å². The van der Waals surface area contributed by atoms with E-state index in [-0.39, 0.29) is 36.2 Å². The molecule has 0 aromatic heterocycles. The number of carbonyl (C=O) groups excluding carboxylic acids is 2. The van der Waals surface area contributed by atoms with Crippen LogP contribution in [0.2, 0.25) is 0 Å². The maximum Gasteiger partial charge on any atom is 0.362 e. The van der Waals surface area contributed by atoms with Gasteiger partial charge in [-0.25, -0.2) is 4.79 Å². The number of carboxylic acid groups (broad SMARTS) is 1. The third kappa shape index (κ3) is 46.9. The van der Waals surface area contributed by atoms with Crippen molar-refractivity contribution in [2.24, 2.45) is 0 Å². The van der Waals surface area contributed by atoms with E-state index < -0.39 is 18.1 Å². The third-order valence-electron chi connectivity index (χ3n) is 13.2. The summed E-state index contributed by atoms with van der Waals surface area (Å²) in [6.07, 6.45) is 55.6. The van der Waals surface area contributed by atoms with Gasteiger partial charge in [-0.05, 0) is 38.5 Å². The van der Waals surface area contributed by atoms with Crippen molar-refractivity contribution >= 4 is 17.9 Å². The summed E-state index contributed by atoms with van der Waals surface area (Å²) in [5.41, 5.74) is 0. The van der Waals surface area contributed by atoms with Gasteiger partial charge in [0, 0.05) is 19.3 Å². The number of aliphatic carboxylic acids is 1. The maximum absolute atomic E-state index is 12.8. The Kier molecular flexibility index (Phi) is 47.1. The number of rotatable bonds is 52. The monoisotopic (exact) mass is 921 g/mol. The van der Waals surface area contributed by atoms with Gasteiger partial charge >= 0.3 is 17.9 Å². The summed E-state index contributed by atoms with van der Waals surface area (Å²) in [7, 11) is 5.55. The second-order valence-electron chi connectivity index (χ2n) is 20.6. The van der Waals surface area contributed by atoms with Crippen LogP contribution in [-0.4, -0.2) is 80.6 Å². The Morgan fingerprint density at radius 3 is 1.11 bits per heavy atom.